The number of aliphatic hydroxyl groups excluding tert-OH is 1. The van der Waals surface area contributed by atoms with E-state index in [0.29, 0.717) is 43.1 Å². The minimum atomic E-state index is -0.417. The van der Waals surface area contributed by atoms with Gasteiger partial charge in [-0.15, -0.1) is 0 Å². The van der Waals surface area contributed by atoms with Crippen LogP contribution in [-0.2, 0) is 6.54 Å². The number of β-amino-alcohol motifs (C(OH)–C–C–N with tert-alkyl or cyclic N) is 1. The average molecular weight is 238 g/mol. The summed E-state index contributed by atoms with van der Waals surface area (Å²) in [6.45, 7) is 5.27. The molecule has 1 aliphatic rings. The van der Waals surface area contributed by atoms with E-state index in [9.17, 15) is 9.90 Å². The van der Waals surface area contributed by atoms with E-state index in [1.165, 1.54) is 0 Å². The van der Waals surface area contributed by atoms with E-state index in [-0.39, 0.29) is 5.91 Å². The number of nitrogens with zero attached hydrogens (tertiary/aromatic N) is 3. The minimum Gasteiger partial charge on any atom is -0.395 e. The van der Waals surface area contributed by atoms with Gasteiger partial charge in [0.2, 0.25) is 0 Å². The summed E-state index contributed by atoms with van der Waals surface area (Å²) in [5.41, 5.74) is 7.45. The van der Waals surface area contributed by atoms with Gasteiger partial charge in [-0.1, -0.05) is 0 Å². The first-order valence-corrected chi connectivity index (χ1v) is 5.84. The third-order valence-corrected chi connectivity index (χ3v) is 3.13. The van der Waals surface area contributed by atoms with Crippen LogP contribution in [0, 0.1) is 6.92 Å². The fraction of sp³-hybridized carbons (Fsp3) is 0.636. The second kappa shape index (κ2) is 4.37. The molecule has 0 saturated carbocycles. The van der Waals surface area contributed by atoms with Crippen LogP contribution in [0.25, 0.3) is 0 Å². The Labute approximate surface area is 100 Å². The lowest BCUT2D eigenvalue weighted by Gasteiger charge is -2.16. The lowest BCUT2D eigenvalue weighted by atomic mass is 10.2. The second-order valence-corrected chi connectivity index (χ2v) is 4.36. The molecule has 6 nitrogen and oxygen atoms in total. The van der Waals surface area contributed by atoms with Gasteiger partial charge in [0, 0.05) is 19.6 Å². The Kier molecular flexibility index (Phi) is 3.06. The molecule has 94 valence electrons. The van der Waals surface area contributed by atoms with Crippen molar-refractivity contribution in [2.45, 2.75) is 32.9 Å². The number of amides is 1. The molecule has 17 heavy (non-hydrogen) atoms. The van der Waals surface area contributed by atoms with Gasteiger partial charge < -0.3 is 15.7 Å². The maximum absolute atomic E-state index is 12.3. The summed E-state index contributed by atoms with van der Waals surface area (Å²) in [6, 6.07) is 0. The molecule has 1 atom stereocenters. The molecular formula is C11H18N4O2. The van der Waals surface area contributed by atoms with Crippen LogP contribution in [-0.4, -0.2) is 44.9 Å². The Balaban J connectivity index is 2.30. The Morgan fingerprint density at radius 2 is 2.35 bits per heavy atom. The molecule has 1 fully saturated rings. The van der Waals surface area contributed by atoms with Gasteiger partial charge >= 0.3 is 0 Å². The van der Waals surface area contributed by atoms with Crippen LogP contribution in [0.4, 0.5) is 5.69 Å². The molecule has 0 aliphatic carbocycles. The number of carbonyl (C=O) groups excluding carboxylic acids is 1. The Hall–Kier alpha value is -1.56. The molecule has 0 bridgehead atoms. The standard InChI is InChI=1S/C11H18N4O2/c1-3-15-10(9(12)7(2)13-15)11(17)14-5-4-8(16)6-14/h8,16H,3-6,12H2,1-2H3/t8-/m1/s1. The number of hydrogen-bond acceptors (Lipinski definition) is 4. The number of carbonyl (C=O) groups is 1. The molecule has 1 saturated heterocycles. The lowest BCUT2D eigenvalue weighted by Crippen LogP contribution is -2.32. The second-order valence-electron chi connectivity index (χ2n) is 4.36. The Morgan fingerprint density at radius 3 is 2.88 bits per heavy atom. The smallest absolute Gasteiger partial charge is 0.274 e. The monoisotopic (exact) mass is 238 g/mol. The predicted molar refractivity (Wildman–Crippen MR) is 63.6 cm³/mol. The highest BCUT2D eigenvalue weighted by Crippen LogP contribution is 2.20. The zero-order valence-electron chi connectivity index (χ0n) is 10.2. The number of nitrogen functional groups attached to an aromatic ring is 1. The molecule has 1 aliphatic heterocycles. The fourth-order valence-corrected chi connectivity index (χ4v) is 2.13. The number of likely N-dealkylation sites (tertiary alicyclic amines) is 1. The Bertz CT molecular complexity index is 441. The molecule has 1 amide bonds. The van der Waals surface area contributed by atoms with Gasteiger partial charge in [0.1, 0.15) is 5.69 Å². The molecule has 2 rings (SSSR count). The molecule has 2 heterocycles. The molecule has 6 heteroatoms. The van der Waals surface area contributed by atoms with E-state index in [4.69, 9.17) is 5.73 Å². The number of nitrogens with two attached hydrogens (primary N) is 1. The number of hydrogen-bond donors (Lipinski definition) is 2. The normalized spacial score (nSPS) is 19.9. The van der Waals surface area contributed by atoms with Crippen molar-refractivity contribution in [3.05, 3.63) is 11.4 Å². The summed E-state index contributed by atoms with van der Waals surface area (Å²) in [6.07, 6.45) is 0.213. The van der Waals surface area contributed by atoms with E-state index in [0.717, 1.165) is 0 Å². The van der Waals surface area contributed by atoms with E-state index in [1.807, 2.05) is 6.92 Å². The molecule has 0 aromatic carbocycles. The SMILES string of the molecule is CCn1nc(C)c(N)c1C(=O)N1CC[C@@H](O)C1. The van der Waals surface area contributed by atoms with Crippen molar-refractivity contribution in [2.75, 3.05) is 18.8 Å². The van der Waals surface area contributed by atoms with Gasteiger partial charge in [0.05, 0.1) is 17.5 Å². The molecule has 1 aromatic heterocycles. The highest BCUT2D eigenvalue weighted by Gasteiger charge is 2.29. The number of aromatic nitrogens is 2. The van der Waals surface area contributed by atoms with Crippen molar-refractivity contribution in [1.29, 1.82) is 0 Å². The lowest BCUT2D eigenvalue weighted by molar-refractivity contribution is 0.0754. The van der Waals surface area contributed by atoms with Crippen LogP contribution in [0.5, 0.6) is 0 Å². The van der Waals surface area contributed by atoms with Crippen molar-refractivity contribution in [3.63, 3.8) is 0 Å². The summed E-state index contributed by atoms with van der Waals surface area (Å²) in [7, 11) is 0. The summed E-state index contributed by atoms with van der Waals surface area (Å²) in [5, 5.41) is 13.7. The molecule has 0 radical (unpaired) electrons. The van der Waals surface area contributed by atoms with Crippen LogP contribution in [0.1, 0.15) is 29.5 Å². The van der Waals surface area contributed by atoms with Crippen LogP contribution in [0.15, 0.2) is 0 Å². The maximum atomic E-state index is 12.3. The zero-order valence-corrected chi connectivity index (χ0v) is 10.2. The highest BCUT2D eigenvalue weighted by atomic mass is 16.3. The van der Waals surface area contributed by atoms with E-state index in [1.54, 1.807) is 16.5 Å². The van der Waals surface area contributed by atoms with Gasteiger partial charge in [0.15, 0.2) is 0 Å². The molecule has 0 spiro atoms. The topological polar surface area (TPSA) is 84.4 Å². The Morgan fingerprint density at radius 1 is 1.65 bits per heavy atom. The largest absolute Gasteiger partial charge is 0.395 e. The van der Waals surface area contributed by atoms with E-state index < -0.39 is 6.10 Å². The summed E-state index contributed by atoms with van der Waals surface area (Å²) in [4.78, 5) is 13.9. The van der Waals surface area contributed by atoms with Gasteiger partial charge in [-0.3, -0.25) is 9.48 Å². The van der Waals surface area contributed by atoms with E-state index in [2.05, 4.69) is 5.10 Å². The molecule has 1 aromatic rings. The van der Waals surface area contributed by atoms with Crippen LogP contribution >= 0.6 is 0 Å². The van der Waals surface area contributed by atoms with E-state index >= 15 is 0 Å². The highest BCUT2D eigenvalue weighted by molar-refractivity contribution is 5.98. The predicted octanol–water partition coefficient (Wildman–Crippen LogP) is 0.000420. The van der Waals surface area contributed by atoms with Crippen molar-refractivity contribution in [2.24, 2.45) is 0 Å². The first kappa shape index (κ1) is 11.9. The number of aliphatic hydroxyl groups is 1. The summed E-state index contributed by atoms with van der Waals surface area (Å²) >= 11 is 0. The number of anilines is 1. The molecule has 3 N–H and O–H groups in total. The third kappa shape index (κ3) is 2.00. The van der Waals surface area contributed by atoms with Gasteiger partial charge in [-0.2, -0.15) is 5.10 Å². The fourth-order valence-electron chi connectivity index (χ4n) is 2.13. The van der Waals surface area contributed by atoms with Gasteiger partial charge in [0.25, 0.3) is 5.91 Å². The van der Waals surface area contributed by atoms with Crippen molar-refractivity contribution in [1.82, 2.24) is 14.7 Å². The minimum absolute atomic E-state index is 0.137. The first-order valence-electron chi connectivity index (χ1n) is 5.84. The number of rotatable bonds is 2. The number of aryl methyl sites for hydroxylation is 2. The first-order chi connectivity index (χ1) is 8.04. The van der Waals surface area contributed by atoms with Crippen molar-refractivity contribution >= 4 is 11.6 Å². The van der Waals surface area contributed by atoms with Gasteiger partial charge in [-0.05, 0) is 20.3 Å². The maximum Gasteiger partial charge on any atom is 0.274 e. The van der Waals surface area contributed by atoms with Crippen molar-refractivity contribution in [3.8, 4) is 0 Å². The van der Waals surface area contributed by atoms with Crippen LogP contribution in [0.3, 0.4) is 0 Å². The van der Waals surface area contributed by atoms with Crippen LogP contribution < -0.4 is 5.73 Å². The molecular weight excluding hydrogens is 220 g/mol. The van der Waals surface area contributed by atoms with Crippen LogP contribution in [0.2, 0.25) is 0 Å². The third-order valence-electron chi connectivity index (χ3n) is 3.13. The van der Waals surface area contributed by atoms with Gasteiger partial charge in [-0.25, -0.2) is 0 Å². The summed E-state index contributed by atoms with van der Waals surface area (Å²) < 4.78 is 1.62. The zero-order chi connectivity index (χ0) is 12.6. The molecule has 0 unspecified atom stereocenters. The van der Waals surface area contributed by atoms with Crippen molar-refractivity contribution < 1.29 is 9.90 Å². The quantitative estimate of drug-likeness (QED) is 0.759. The average Bonchev–Trinajstić information content (AvgIpc) is 2.84. The summed E-state index contributed by atoms with van der Waals surface area (Å²) in [5.74, 6) is -0.137.